The molecule has 0 aliphatic heterocycles. The number of fused-ring (bicyclic) bond motifs is 1. The number of nitrogens with zero attached hydrogens (tertiary/aromatic N) is 2. The number of benzene rings is 4. The van der Waals surface area contributed by atoms with Gasteiger partial charge in [0.25, 0.3) is 0 Å². The van der Waals surface area contributed by atoms with Gasteiger partial charge in [0.15, 0.2) is 0 Å². The summed E-state index contributed by atoms with van der Waals surface area (Å²) < 4.78 is 13.9. The fraction of sp³-hybridized carbons (Fsp3) is 0.140. The van der Waals surface area contributed by atoms with Gasteiger partial charge in [-0.15, -0.1) is 0 Å². The normalized spacial score (nSPS) is 14.9. The molecule has 0 atom stereocenters. The second-order valence-corrected chi connectivity index (χ2v) is 21.2. The molecule has 0 bridgehead atoms. The summed E-state index contributed by atoms with van der Waals surface area (Å²) in [7, 11) is -2.43. The van der Waals surface area contributed by atoms with Crippen LogP contribution in [0, 0.1) is 30.1 Å². The van der Waals surface area contributed by atoms with Gasteiger partial charge in [-0.25, -0.2) is 0 Å². The molecule has 1 saturated carbocycles. The van der Waals surface area contributed by atoms with E-state index < -0.39 is 7.26 Å². The summed E-state index contributed by atoms with van der Waals surface area (Å²) >= 11 is 5.23. The van der Waals surface area contributed by atoms with Crippen molar-refractivity contribution in [3.63, 3.8) is 0 Å². The van der Waals surface area contributed by atoms with Gasteiger partial charge in [0, 0.05) is 0 Å². The number of rotatable bonds is 8. The summed E-state index contributed by atoms with van der Waals surface area (Å²) in [5.74, 6) is 7.53. The van der Waals surface area contributed by atoms with Gasteiger partial charge >= 0.3 is 364 Å². The van der Waals surface area contributed by atoms with Crippen molar-refractivity contribution in [2.24, 2.45) is 0 Å². The van der Waals surface area contributed by atoms with Crippen LogP contribution in [0.1, 0.15) is 54.0 Å². The van der Waals surface area contributed by atoms with E-state index in [9.17, 15) is 0 Å². The molecular weight excluding hydrogens is 993 g/mol. The van der Waals surface area contributed by atoms with Crippen LogP contribution in [-0.2, 0) is 17.9 Å². The van der Waals surface area contributed by atoms with Crippen LogP contribution in [0.5, 0.6) is 0 Å². The Balaban J connectivity index is 1.33. The van der Waals surface area contributed by atoms with E-state index in [0.717, 1.165) is 40.7 Å². The van der Waals surface area contributed by atoms with E-state index in [1.807, 2.05) is 29.3 Å². The van der Waals surface area contributed by atoms with Crippen molar-refractivity contribution in [2.75, 3.05) is 0 Å². The molecule has 281 valence electrons. The molecule has 0 amide bonds. The van der Waals surface area contributed by atoms with Crippen LogP contribution in [-0.4, -0.2) is 22.9 Å². The van der Waals surface area contributed by atoms with Crippen molar-refractivity contribution >= 4 is 77.9 Å². The van der Waals surface area contributed by atoms with Crippen molar-refractivity contribution in [3.05, 3.63) is 176 Å². The van der Waals surface area contributed by atoms with E-state index in [1.54, 1.807) is 11.3 Å². The van der Waals surface area contributed by atoms with E-state index in [1.165, 1.54) is 69.3 Å². The van der Waals surface area contributed by atoms with Crippen LogP contribution in [0.3, 0.4) is 0 Å². The molecule has 2 nitrogen and oxygen atoms in total. The summed E-state index contributed by atoms with van der Waals surface area (Å²) in [6, 6.07) is 42.1. The number of hydrogen-bond acceptors (Lipinski definition) is 4. The van der Waals surface area contributed by atoms with Gasteiger partial charge in [-0.05, 0) is 0 Å². The monoisotopic (exact) mass is 1040 g/mol. The maximum absolute atomic E-state index is 5.04. The fourth-order valence-corrected chi connectivity index (χ4v) is 16.9. The second-order valence-electron chi connectivity index (χ2n) is 13.9. The van der Waals surface area contributed by atoms with Gasteiger partial charge in [-0.3, -0.25) is 0 Å². The Hall–Kier alpha value is -4.23. The van der Waals surface area contributed by atoms with Crippen LogP contribution >= 0.6 is 29.9 Å². The van der Waals surface area contributed by atoms with Crippen molar-refractivity contribution < 1.29 is 17.9 Å². The average molecular weight is 1030 g/mol. The molecule has 3 aromatic heterocycles. The molecule has 3 heterocycles. The third kappa shape index (κ3) is 7.61. The number of thiophene rings is 2. The third-order valence-corrected chi connectivity index (χ3v) is 19.3. The Kier molecular flexibility index (Phi) is 12.3. The third-order valence-electron chi connectivity index (χ3n) is 10.7. The fourth-order valence-electron chi connectivity index (χ4n) is 7.96. The zero-order valence-electron chi connectivity index (χ0n) is 32.3. The Morgan fingerprint density at radius 2 is 1.25 bits per heavy atom. The minimum absolute atomic E-state index is 0.162. The molecule has 1 aliphatic carbocycles. The molecule has 0 spiro atoms. The van der Waals surface area contributed by atoms with E-state index in [0.29, 0.717) is 0 Å². The molecular formula is C50H41N2OsPS2Se+. The molecule has 57 heavy (non-hydrogen) atoms. The summed E-state index contributed by atoms with van der Waals surface area (Å²) in [4.78, 5) is 4.72. The summed E-state index contributed by atoms with van der Waals surface area (Å²) in [6.07, 6.45) is 12.3. The Morgan fingerprint density at radius 1 is 0.702 bits per heavy atom. The SMILES string of the molecule is CC=C1CCCC1=CC(C#Cc1ccc(-c2c(C)c(C)c(-c3ccc(/C=C/C)s3)c3n[se]nc23)s1)=C([C]#[Os])[P+](c1ccccc1)(c1ccccc1)c1ccccc1. The van der Waals surface area contributed by atoms with Gasteiger partial charge in [0.05, 0.1) is 0 Å². The predicted octanol–water partition coefficient (Wildman–Crippen LogP) is 12.0. The molecule has 8 rings (SSSR count). The van der Waals surface area contributed by atoms with Crippen LogP contribution in [0.15, 0.2) is 156 Å². The molecule has 1 aliphatic rings. The first kappa shape index (κ1) is 39.6. The predicted molar refractivity (Wildman–Crippen MR) is 246 cm³/mol. The van der Waals surface area contributed by atoms with E-state index in [-0.39, 0.29) is 15.0 Å². The van der Waals surface area contributed by atoms with Crippen molar-refractivity contribution in [1.82, 2.24) is 7.96 Å². The summed E-state index contributed by atoms with van der Waals surface area (Å²) in [5, 5.41) is 5.07. The number of allylic oxidation sites excluding steroid dienone is 7. The van der Waals surface area contributed by atoms with E-state index >= 15 is 0 Å². The van der Waals surface area contributed by atoms with Crippen LogP contribution in [0.4, 0.5) is 0 Å². The van der Waals surface area contributed by atoms with Gasteiger partial charge in [-0.2, -0.15) is 0 Å². The van der Waals surface area contributed by atoms with Crippen molar-refractivity contribution in [1.29, 1.82) is 0 Å². The Labute approximate surface area is 361 Å². The van der Waals surface area contributed by atoms with E-state index in [2.05, 4.69) is 183 Å². The van der Waals surface area contributed by atoms with Crippen LogP contribution in [0.2, 0.25) is 0 Å². The van der Waals surface area contributed by atoms with Gasteiger partial charge in [-0.1, -0.05) is 0 Å². The molecule has 4 aromatic carbocycles. The van der Waals surface area contributed by atoms with Gasteiger partial charge in [0.1, 0.15) is 0 Å². The first-order valence-electron chi connectivity index (χ1n) is 19.1. The molecule has 7 heteroatoms. The molecule has 7 aromatic rings. The quantitative estimate of drug-likeness (QED) is 0.0861. The van der Waals surface area contributed by atoms with Crippen LogP contribution < -0.4 is 15.9 Å². The zero-order chi connectivity index (χ0) is 39.4. The summed E-state index contributed by atoms with van der Waals surface area (Å²) in [5.41, 5.74) is 10.9. The molecule has 1 fully saturated rings. The molecule has 0 radical (unpaired) electrons. The maximum atomic E-state index is 5.04. The average Bonchev–Trinajstić information content (AvgIpc) is 4.10. The topological polar surface area (TPSA) is 25.8 Å². The molecule has 0 unspecified atom stereocenters. The van der Waals surface area contributed by atoms with Gasteiger partial charge in [0.2, 0.25) is 0 Å². The standard InChI is InChI=1S/C50H41N2PS2Se.Os/c1-6-18-43-29-31-45(54-43)47-34(3)35(4)48(50-49(47)51-56-52-50)46-32-30-44(55-46)28-27-38(33-39-20-17-19-37(39)7-2)36(5)53(40-21-11-8-12-22-40,41-23-13-9-14-24-41)42-25-15-10-16-26-42;/h6-16,18,21-26,29-33H,17,19-20H2,1-4H3;/q+1;/b18-6+,37-7?,38-36?,39-33?;. The first-order valence-corrected chi connectivity index (χ1v) is 25.3. The zero-order valence-corrected chi connectivity index (χ0v) is 39.1. The minimum atomic E-state index is -2.43. The molecule has 0 N–H and O–H groups in total. The Bertz CT molecular complexity index is 2730. The van der Waals surface area contributed by atoms with Crippen molar-refractivity contribution in [3.8, 4) is 37.1 Å². The Morgan fingerprint density at radius 3 is 1.79 bits per heavy atom. The second kappa shape index (κ2) is 17.7. The summed E-state index contributed by atoms with van der Waals surface area (Å²) in [6.45, 7) is 8.72. The first-order chi connectivity index (χ1) is 28.0. The number of hydrogen-bond donors (Lipinski definition) is 0. The number of aromatic nitrogens is 2. The van der Waals surface area contributed by atoms with Crippen LogP contribution in [0.25, 0.3) is 38.0 Å². The van der Waals surface area contributed by atoms with Gasteiger partial charge < -0.3 is 0 Å². The molecule has 0 saturated heterocycles. The van der Waals surface area contributed by atoms with Crippen molar-refractivity contribution in [2.45, 2.75) is 47.0 Å². The van der Waals surface area contributed by atoms with E-state index in [4.69, 9.17) is 7.96 Å².